The highest BCUT2D eigenvalue weighted by molar-refractivity contribution is 4.74. The van der Waals surface area contributed by atoms with Gasteiger partial charge < -0.3 is 0 Å². The van der Waals surface area contributed by atoms with Crippen molar-refractivity contribution in [2.24, 2.45) is 5.41 Å². The lowest BCUT2D eigenvalue weighted by atomic mass is 9.75. The van der Waals surface area contributed by atoms with Crippen molar-refractivity contribution in [2.45, 2.75) is 143 Å². The lowest BCUT2D eigenvalue weighted by Crippen LogP contribution is -2.17. The molecule has 0 aliphatic carbocycles. The first-order valence-corrected chi connectivity index (χ1v) is 11.2. The van der Waals surface area contributed by atoms with Crippen molar-refractivity contribution in [3.63, 3.8) is 0 Å². The first kappa shape index (κ1) is 23.0. The van der Waals surface area contributed by atoms with Crippen molar-refractivity contribution in [3.05, 3.63) is 0 Å². The Hall–Kier alpha value is 0. The monoisotopic (exact) mass is 324 g/mol. The molecule has 0 nitrogen and oxygen atoms in total. The molecular formula is C23H48. The van der Waals surface area contributed by atoms with Gasteiger partial charge in [-0.15, -0.1) is 0 Å². The standard InChI is InChI=1S/C23H48/c1-5-9-10-11-12-13-14-15-16-17-18-19-20-21-22-23(6-2,7-3)8-4/h5-22H2,1-4H3. The quantitative estimate of drug-likeness (QED) is 0.220. The van der Waals surface area contributed by atoms with Gasteiger partial charge in [0.25, 0.3) is 0 Å². The second kappa shape index (κ2) is 16.8. The van der Waals surface area contributed by atoms with Crippen LogP contribution in [0.4, 0.5) is 0 Å². The van der Waals surface area contributed by atoms with Gasteiger partial charge in [0, 0.05) is 0 Å². The van der Waals surface area contributed by atoms with Crippen LogP contribution in [0.2, 0.25) is 0 Å². The predicted molar refractivity (Wildman–Crippen MR) is 108 cm³/mol. The molecule has 0 amide bonds. The van der Waals surface area contributed by atoms with E-state index in [-0.39, 0.29) is 0 Å². The molecule has 0 aliphatic rings. The third-order valence-corrected chi connectivity index (χ3v) is 6.31. The van der Waals surface area contributed by atoms with E-state index in [1.165, 1.54) is 116 Å². The first-order valence-electron chi connectivity index (χ1n) is 11.2. The molecule has 0 heteroatoms. The van der Waals surface area contributed by atoms with Crippen LogP contribution in [-0.4, -0.2) is 0 Å². The first-order chi connectivity index (χ1) is 11.2. The third kappa shape index (κ3) is 13.0. The van der Waals surface area contributed by atoms with Crippen LogP contribution in [0, 0.1) is 5.41 Å². The molecule has 0 aromatic carbocycles. The summed E-state index contributed by atoms with van der Waals surface area (Å²) in [5.41, 5.74) is 0.664. The Balaban J connectivity index is 3.25. The average Bonchev–Trinajstić information content (AvgIpc) is 2.59. The minimum Gasteiger partial charge on any atom is -0.0654 e. The molecular weight excluding hydrogens is 276 g/mol. The van der Waals surface area contributed by atoms with Gasteiger partial charge in [-0.05, 0) is 11.8 Å². The van der Waals surface area contributed by atoms with Gasteiger partial charge in [-0.2, -0.15) is 0 Å². The Morgan fingerprint density at radius 1 is 0.391 bits per heavy atom. The maximum atomic E-state index is 2.39. The minimum atomic E-state index is 0.664. The van der Waals surface area contributed by atoms with Crippen molar-refractivity contribution in [1.82, 2.24) is 0 Å². The van der Waals surface area contributed by atoms with Gasteiger partial charge in [0.05, 0.1) is 0 Å². The van der Waals surface area contributed by atoms with Gasteiger partial charge in [0.15, 0.2) is 0 Å². The summed E-state index contributed by atoms with van der Waals surface area (Å²) in [6.07, 6.45) is 26.1. The fourth-order valence-electron chi connectivity index (χ4n) is 3.97. The maximum Gasteiger partial charge on any atom is -0.0305 e. The molecule has 0 aromatic rings. The fraction of sp³-hybridized carbons (Fsp3) is 1.00. The predicted octanol–water partition coefficient (Wildman–Crippen LogP) is 9.07. The lowest BCUT2D eigenvalue weighted by Gasteiger charge is -2.30. The molecule has 0 rings (SSSR count). The van der Waals surface area contributed by atoms with Gasteiger partial charge in [-0.3, -0.25) is 0 Å². The van der Waals surface area contributed by atoms with Crippen LogP contribution in [0.5, 0.6) is 0 Å². The summed E-state index contributed by atoms with van der Waals surface area (Å²) >= 11 is 0. The van der Waals surface area contributed by atoms with E-state index in [0.29, 0.717) is 5.41 Å². The van der Waals surface area contributed by atoms with Crippen LogP contribution in [-0.2, 0) is 0 Å². The zero-order chi connectivity index (χ0) is 17.2. The van der Waals surface area contributed by atoms with E-state index in [1.54, 1.807) is 0 Å². The van der Waals surface area contributed by atoms with E-state index in [4.69, 9.17) is 0 Å². The Bertz CT molecular complexity index is 206. The summed E-state index contributed by atoms with van der Waals surface area (Å²) in [5.74, 6) is 0. The van der Waals surface area contributed by atoms with Crippen molar-refractivity contribution in [2.75, 3.05) is 0 Å². The van der Waals surface area contributed by atoms with E-state index in [2.05, 4.69) is 27.7 Å². The summed E-state index contributed by atoms with van der Waals surface area (Å²) in [4.78, 5) is 0. The van der Waals surface area contributed by atoms with Gasteiger partial charge in [-0.1, -0.05) is 137 Å². The van der Waals surface area contributed by atoms with E-state index in [1.807, 2.05) is 0 Å². The molecule has 0 bridgehead atoms. The summed E-state index contributed by atoms with van der Waals surface area (Å²) in [7, 11) is 0. The van der Waals surface area contributed by atoms with Crippen LogP contribution < -0.4 is 0 Å². The molecule has 0 heterocycles. The Morgan fingerprint density at radius 2 is 0.696 bits per heavy atom. The molecule has 0 fully saturated rings. The molecule has 0 aromatic heterocycles. The van der Waals surface area contributed by atoms with Crippen molar-refractivity contribution in [1.29, 1.82) is 0 Å². The zero-order valence-electron chi connectivity index (χ0n) is 17.2. The lowest BCUT2D eigenvalue weighted by molar-refractivity contribution is 0.220. The normalized spacial score (nSPS) is 12.0. The van der Waals surface area contributed by atoms with Gasteiger partial charge in [0.2, 0.25) is 0 Å². The Labute approximate surface area is 149 Å². The molecule has 23 heavy (non-hydrogen) atoms. The molecule has 0 unspecified atom stereocenters. The number of hydrogen-bond donors (Lipinski definition) is 0. The van der Waals surface area contributed by atoms with Crippen LogP contribution in [0.3, 0.4) is 0 Å². The van der Waals surface area contributed by atoms with Gasteiger partial charge in [-0.25, -0.2) is 0 Å². The highest BCUT2D eigenvalue weighted by Crippen LogP contribution is 2.36. The second-order valence-corrected chi connectivity index (χ2v) is 7.91. The van der Waals surface area contributed by atoms with Crippen molar-refractivity contribution < 1.29 is 0 Å². The molecule has 140 valence electrons. The molecule has 0 saturated heterocycles. The van der Waals surface area contributed by atoms with E-state index < -0.39 is 0 Å². The van der Waals surface area contributed by atoms with Crippen LogP contribution in [0.25, 0.3) is 0 Å². The number of unbranched alkanes of at least 4 members (excludes halogenated alkanes) is 13. The van der Waals surface area contributed by atoms with E-state index in [9.17, 15) is 0 Å². The van der Waals surface area contributed by atoms with E-state index in [0.717, 1.165) is 0 Å². The number of hydrogen-bond acceptors (Lipinski definition) is 0. The molecule has 0 spiro atoms. The Kier molecular flexibility index (Phi) is 16.8. The highest BCUT2D eigenvalue weighted by Gasteiger charge is 2.22. The van der Waals surface area contributed by atoms with E-state index >= 15 is 0 Å². The molecule has 0 atom stereocenters. The van der Waals surface area contributed by atoms with Gasteiger partial charge >= 0.3 is 0 Å². The SMILES string of the molecule is CCCCCCCCCCCCCCCCC(CC)(CC)CC. The maximum absolute atomic E-state index is 2.39. The Morgan fingerprint density at radius 3 is 1.00 bits per heavy atom. The second-order valence-electron chi connectivity index (χ2n) is 7.91. The summed E-state index contributed by atoms with van der Waals surface area (Å²) in [6, 6.07) is 0. The fourth-order valence-corrected chi connectivity index (χ4v) is 3.97. The minimum absolute atomic E-state index is 0.664. The van der Waals surface area contributed by atoms with Crippen LogP contribution in [0.1, 0.15) is 143 Å². The highest BCUT2D eigenvalue weighted by atomic mass is 14.3. The summed E-state index contributed by atoms with van der Waals surface area (Å²) in [6.45, 7) is 9.46. The topological polar surface area (TPSA) is 0 Å². The van der Waals surface area contributed by atoms with Crippen molar-refractivity contribution in [3.8, 4) is 0 Å². The summed E-state index contributed by atoms with van der Waals surface area (Å²) in [5, 5.41) is 0. The van der Waals surface area contributed by atoms with Crippen molar-refractivity contribution >= 4 is 0 Å². The summed E-state index contributed by atoms with van der Waals surface area (Å²) < 4.78 is 0. The molecule has 0 saturated carbocycles. The van der Waals surface area contributed by atoms with Crippen LogP contribution in [0.15, 0.2) is 0 Å². The van der Waals surface area contributed by atoms with Crippen LogP contribution >= 0.6 is 0 Å². The smallest absolute Gasteiger partial charge is 0.0305 e. The molecule has 0 aliphatic heterocycles. The zero-order valence-corrected chi connectivity index (χ0v) is 17.2. The third-order valence-electron chi connectivity index (χ3n) is 6.31. The average molecular weight is 325 g/mol. The molecule has 0 N–H and O–H groups in total. The largest absolute Gasteiger partial charge is 0.0654 e. The van der Waals surface area contributed by atoms with Gasteiger partial charge in [0.1, 0.15) is 0 Å². The molecule has 0 radical (unpaired) electrons. The number of rotatable bonds is 18.